The van der Waals surface area contributed by atoms with Crippen molar-refractivity contribution in [1.82, 2.24) is 0 Å². The molecule has 0 aromatic rings. The SMILES string of the molecule is C[C@@H]1C[C@H](O)CC(O)C1O. The second kappa shape index (κ2) is 2.86. The fourth-order valence-electron chi connectivity index (χ4n) is 1.46. The molecule has 0 heterocycles. The van der Waals surface area contributed by atoms with Gasteiger partial charge in [0.25, 0.3) is 0 Å². The molecule has 0 amide bonds. The van der Waals surface area contributed by atoms with Crippen molar-refractivity contribution in [2.45, 2.75) is 38.1 Å². The molecule has 1 rings (SSSR count). The quantitative estimate of drug-likeness (QED) is 0.431. The first kappa shape index (κ1) is 7.98. The van der Waals surface area contributed by atoms with Gasteiger partial charge in [-0.15, -0.1) is 0 Å². The molecule has 60 valence electrons. The van der Waals surface area contributed by atoms with Gasteiger partial charge in [-0.3, -0.25) is 0 Å². The number of hydrogen-bond donors (Lipinski definition) is 3. The molecular formula is C7H14O3. The largest absolute Gasteiger partial charge is 0.393 e. The molecule has 3 N–H and O–H groups in total. The van der Waals surface area contributed by atoms with E-state index in [4.69, 9.17) is 10.2 Å². The van der Waals surface area contributed by atoms with Crippen LogP contribution in [0.4, 0.5) is 0 Å². The summed E-state index contributed by atoms with van der Waals surface area (Å²) >= 11 is 0. The van der Waals surface area contributed by atoms with E-state index >= 15 is 0 Å². The van der Waals surface area contributed by atoms with Crippen LogP contribution in [0, 0.1) is 5.92 Å². The highest BCUT2D eigenvalue weighted by atomic mass is 16.3. The molecule has 0 radical (unpaired) electrons. The predicted octanol–water partition coefficient (Wildman–Crippen LogP) is -0.501. The molecule has 1 saturated carbocycles. The predicted molar refractivity (Wildman–Crippen MR) is 36.4 cm³/mol. The summed E-state index contributed by atoms with van der Waals surface area (Å²) in [6.45, 7) is 1.83. The maximum Gasteiger partial charge on any atom is 0.0826 e. The number of aliphatic hydroxyl groups excluding tert-OH is 3. The van der Waals surface area contributed by atoms with E-state index in [0.717, 1.165) is 0 Å². The molecule has 0 bridgehead atoms. The maximum atomic E-state index is 9.20. The highest BCUT2D eigenvalue weighted by Gasteiger charge is 2.31. The summed E-state index contributed by atoms with van der Waals surface area (Å²) < 4.78 is 0. The van der Waals surface area contributed by atoms with E-state index in [1.54, 1.807) is 0 Å². The molecule has 10 heavy (non-hydrogen) atoms. The highest BCUT2D eigenvalue weighted by molar-refractivity contribution is 4.83. The van der Waals surface area contributed by atoms with Crippen molar-refractivity contribution in [2.75, 3.05) is 0 Å². The Balaban J connectivity index is 2.49. The first-order valence-electron chi connectivity index (χ1n) is 3.65. The van der Waals surface area contributed by atoms with Gasteiger partial charge in [0.2, 0.25) is 0 Å². The zero-order valence-electron chi connectivity index (χ0n) is 6.07. The van der Waals surface area contributed by atoms with Crippen LogP contribution in [-0.4, -0.2) is 33.6 Å². The normalized spacial score (nSPS) is 49.2. The maximum absolute atomic E-state index is 9.20. The molecule has 0 spiro atoms. The van der Waals surface area contributed by atoms with Crippen LogP contribution in [0.15, 0.2) is 0 Å². The Bertz CT molecular complexity index is 103. The molecule has 3 nitrogen and oxygen atoms in total. The van der Waals surface area contributed by atoms with Gasteiger partial charge >= 0.3 is 0 Å². The Morgan fingerprint density at radius 2 is 1.70 bits per heavy atom. The van der Waals surface area contributed by atoms with Crippen molar-refractivity contribution in [3.05, 3.63) is 0 Å². The zero-order valence-corrected chi connectivity index (χ0v) is 6.07. The van der Waals surface area contributed by atoms with E-state index < -0.39 is 18.3 Å². The second-order valence-electron chi connectivity index (χ2n) is 3.16. The van der Waals surface area contributed by atoms with Gasteiger partial charge in [0.15, 0.2) is 0 Å². The van der Waals surface area contributed by atoms with Gasteiger partial charge in [-0.1, -0.05) is 6.92 Å². The van der Waals surface area contributed by atoms with Gasteiger partial charge in [0.1, 0.15) is 0 Å². The van der Waals surface area contributed by atoms with Crippen LogP contribution in [0.25, 0.3) is 0 Å². The van der Waals surface area contributed by atoms with Gasteiger partial charge in [0, 0.05) is 6.42 Å². The Kier molecular flexibility index (Phi) is 2.28. The molecule has 1 aliphatic rings. The summed E-state index contributed by atoms with van der Waals surface area (Å²) in [6, 6.07) is 0. The molecule has 1 aliphatic carbocycles. The Morgan fingerprint density at radius 3 is 2.20 bits per heavy atom. The van der Waals surface area contributed by atoms with Crippen LogP contribution in [0.3, 0.4) is 0 Å². The van der Waals surface area contributed by atoms with Gasteiger partial charge < -0.3 is 15.3 Å². The van der Waals surface area contributed by atoms with Crippen molar-refractivity contribution in [2.24, 2.45) is 5.92 Å². The van der Waals surface area contributed by atoms with Crippen LogP contribution in [-0.2, 0) is 0 Å². The lowest BCUT2D eigenvalue weighted by molar-refractivity contribution is -0.0782. The molecule has 0 aromatic carbocycles. The third kappa shape index (κ3) is 1.48. The average Bonchev–Trinajstić information content (AvgIpc) is 1.82. The van der Waals surface area contributed by atoms with Crippen molar-refractivity contribution in [3.63, 3.8) is 0 Å². The van der Waals surface area contributed by atoms with E-state index in [2.05, 4.69) is 0 Å². The molecule has 4 atom stereocenters. The van der Waals surface area contributed by atoms with Gasteiger partial charge in [-0.25, -0.2) is 0 Å². The van der Waals surface area contributed by atoms with E-state index in [9.17, 15) is 5.11 Å². The third-order valence-corrected chi connectivity index (χ3v) is 2.13. The number of rotatable bonds is 0. The molecule has 2 unspecified atom stereocenters. The van der Waals surface area contributed by atoms with E-state index in [-0.39, 0.29) is 5.92 Å². The summed E-state index contributed by atoms with van der Waals surface area (Å²) in [6.07, 6.45) is -0.917. The van der Waals surface area contributed by atoms with Gasteiger partial charge in [0.05, 0.1) is 18.3 Å². The van der Waals surface area contributed by atoms with Gasteiger partial charge in [-0.05, 0) is 12.3 Å². The summed E-state index contributed by atoms with van der Waals surface area (Å²) in [5, 5.41) is 27.4. The van der Waals surface area contributed by atoms with Crippen LogP contribution < -0.4 is 0 Å². The summed E-state index contributed by atoms with van der Waals surface area (Å²) in [4.78, 5) is 0. The fraction of sp³-hybridized carbons (Fsp3) is 1.00. The Labute approximate surface area is 60.3 Å². The topological polar surface area (TPSA) is 60.7 Å². The summed E-state index contributed by atoms with van der Waals surface area (Å²) in [7, 11) is 0. The molecule has 3 heteroatoms. The molecule has 0 aliphatic heterocycles. The number of hydrogen-bond acceptors (Lipinski definition) is 3. The zero-order chi connectivity index (χ0) is 7.72. The fourth-order valence-corrected chi connectivity index (χ4v) is 1.46. The van der Waals surface area contributed by atoms with Crippen molar-refractivity contribution in [3.8, 4) is 0 Å². The Hall–Kier alpha value is -0.120. The van der Waals surface area contributed by atoms with Gasteiger partial charge in [-0.2, -0.15) is 0 Å². The number of aliphatic hydroxyl groups is 3. The Morgan fingerprint density at radius 1 is 1.10 bits per heavy atom. The third-order valence-electron chi connectivity index (χ3n) is 2.13. The lowest BCUT2D eigenvalue weighted by Gasteiger charge is -2.32. The lowest BCUT2D eigenvalue weighted by Crippen LogP contribution is -2.41. The van der Waals surface area contributed by atoms with Crippen LogP contribution in [0.5, 0.6) is 0 Å². The minimum absolute atomic E-state index is 0.0127. The molecule has 0 saturated heterocycles. The summed E-state index contributed by atoms with van der Waals surface area (Å²) in [5.41, 5.74) is 0. The van der Waals surface area contributed by atoms with Crippen LogP contribution in [0.1, 0.15) is 19.8 Å². The first-order valence-corrected chi connectivity index (χ1v) is 3.65. The van der Waals surface area contributed by atoms with Crippen molar-refractivity contribution >= 4 is 0 Å². The average molecular weight is 146 g/mol. The molecule has 0 aromatic heterocycles. The van der Waals surface area contributed by atoms with Crippen LogP contribution in [0.2, 0.25) is 0 Å². The standard InChI is InChI=1S/C7H14O3/c1-4-2-5(8)3-6(9)7(4)10/h4-10H,2-3H2,1H3/t4-,5+,6?,7?/m1/s1. The van der Waals surface area contributed by atoms with Crippen molar-refractivity contribution in [1.29, 1.82) is 0 Å². The van der Waals surface area contributed by atoms with Crippen LogP contribution >= 0.6 is 0 Å². The molecular weight excluding hydrogens is 132 g/mol. The second-order valence-corrected chi connectivity index (χ2v) is 3.16. The first-order chi connectivity index (χ1) is 4.61. The minimum atomic E-state index is -0.737. The lowest BCUT2D eigenvalue weighted by atomic mass is 9.84. The monoisotopic (exact) mass is 146 g/mol. The van der Waals surface area contributed by atoms with Crippen molar-refractivity contribution < 1.29 is 15.3 Å². The molecule has 1 fully saturated rings. The van der Waals surface area contributed by atoms with E-state index in [1.807, 2.05) is 6.92 Å². The van der Waals surface area contributed by atoms with E-state index in [0.29, 0.717) is 12.8 Å². The smallest absolute Gasteiger partial charge is 0.0826 e. The van der Waals surface area contributed by atoms with E-state index in [1.165, 1.54) is 0 Å². The summed E-state index contributed by atoms with van der Waals surface area (Å²) in [5.74, 6) is 0.0127. The minimum Gasteiger partial charge on any atom is -0.393 e. The highest BCUT2D eigenvalue weighted by Crippen LogP contribution is 2.24.